The number of hydrogen-bond donors (Lipinski definition) is 2. The van der Waals surface area contributed by atoms with Crippen LogP contribution in [0, 0.1) is 5.41 Å². The van der Waals surface area contributed by atoms with Crippen LogP contribution in [0.5, 0.6) is 5.75 Å². The van der Waals surface area contributed by atoms with E-state index in [1.165, 1.54) is 37.1 Å². The SMILES string of the molecule is CCOCCC1(CN=C(N)Nc2ccc(OC(F)(F)F)cc2)CCCC1. The van der Waals surface area contributed by atoms with Crippen LogP contribution in [0.3, 0.4) is 0 Å². The van der Waals surface area contributed by atoms with Gasteiger partial charge in [0.25, 0.3) is 0 Å². The van der Waals surface area contributed by atoms with Crippen molar-refractivity contribution in [3.05, 3.63) is 24.3 Å². The zero-order chi connectivity index (χ0) is 19.0. The molecule has 26 heavy (non-hydrogen) atoms. The molecule has 0 saturated heterocycles. The predicted molar refractivity (Wildman–Crippen MR) is 95.2 cm³/mol. The Morgan fingerprint density at radius 3 is 2.46 bits per heavy atom. The summed E-state index contributed by atoms with van der Waals surface area (Å²) in [6.45, 7) is 4.03. The average Bonchev–Trinajstić information content (AvgIpc) is 3.03. The minimum Gasteiger partial charge on any atom is -0.406 e. The molecule has 3 N–H and O–H groups in total. The van der Waals surface area contributed by atoms with Gasteiger partial charge in [0.15, 0.2) is 5.96 Å². The van der Waals surface area contributed by atoms with Gasteiger partial charge in [-0.25, -0.2) is 0 Å². The smallest absolute Gasteiger partial charge is 0.406 e. The van der Waals surface area contributed by atoms with Crippen molar-refractivity contribution in [1.29, 1.82) is 0 Å². The molecule has 0 radical (unpaired) electrons. The molecular formula is C18H26F3N3O2. The molecule has 0 spiro atoms. The van der Waals surface area contributed by atoms with Crippen molar-refractivity contribution in [1.82, 2.24) is 0 Å². The lowest BCUT2D eigenvalue weighted by atomic mass is 9.83. The molecule has 1 aliphatic rings. The minimum atomic E-state index is -4.70. The van der Waals surface area contributed by atoms with E-state index in [4.69, 9.17) is 10.5 Å². The summed E-state index contributed by atoms with van der Waals surface area (Å²) in [5.74, 6) is -0.0310. The van der Waals surface area contributed by atoms with Crippen LogP contribution < -0.4 is 15.8 Å². The lowest BCUT2D eigenvalue weighted by molar-refractivity contribution is -0.274. The number of nitrogens with two attached hydrogens (primary N) is 1. The van der Waals surface area contributed by atoms with Gasteiger partial charge in [-0.15, -0.1) is 13.2 Å². The number of hydrogen-bond acceptors (Lipinski definition) is 3. The molecule has 0 bridgehead atoms. The molecule has 0 unspecified atom stereocenters. The fourth-order valence-corrected chi connectivity index (χ4v) is 3.23. The van der Waals surface area contributed by atoms with E-state index in [1.54, 1.807) is 0 Å². The van der Waals surface area contributed by atoms with E-state index in [2.05, 4.69) is 15.0 Å². The third kappa shape index (κ3) is 6.74. The van der Waals surface area contributed by atoms with Gasteiger partial charge in [-0.2, -0.15) is 0 Å². The van der Waals surface area contributed by atoms with E-state index < -0.39 is 6.36 Å². The number of nitrogens with one attached hydrogen (secondary N) is 1. The summed E-state index contributed by atoms with van der Waals surface area (Å²) in [4.78, 5) is 4.45. The maximum atomic E-state index is 12.2. The summed E-state index contributed by atoms with van der Waals surface area (Å²) in [7, 11) is 0. The van der Waals surface area contributed by atoms with Gasteiger partial charge in [0, 0.05) is 25.4 Å². The molecule has 1 aromatic rings. The Morgan fingerprint density at radius 2 is 1.88 bits per heavy atom. The Hall–Kier alpha value is -1.96. The Bertz CT molecular complexity index is 582. The van der Waals surface area contributed by atoms with E-state index in [0.717, 1.165) is 25.9 Å². The van der Waals surface area contributed by atoms with E-state index in [-0.39, 0.29) is 17.1 Å². The quantitative estimate of drug-likeness (QED) is 0.405. The van der Waals surface area contributed by atoms with Crippen molar-refractivity contribution >= 4 is 11.6 Å². The van der Waals surface area contributed by atoms with Crippen LogP contribution in [-0.2, 0) is 4.74 Å². The zero-order valence-corrected chi connectivity index (χ0v) is 14.9. The number of nitrogens with zero attached hydrogens (tertiary/aromatic N) is 1. The van der Waals surface area contributed by atoms with Crippen LogP contribution in [0.25, 0.3) is 0 Å². The monoisotopic (exact) mass is 373 g/mol. The van der Waals surface area contributed by atoms with Crippen LogP contribution in [-0.4, -0.2) is 32.1 Å². The maximum absolute atomic E-state index is 12.2. The van der Waals surface area contributed by atoms with Crippen molar-refractivity contribution < 1.29 is 22.6 Å². The van der Waals surface area contributed by atoms with E-state index in [0.29, 0.717) is 18.8 Å². The minimum absolute atomic E-state index is 0.131. The highest BCUT2D eigenvalue weighted by Crippen LogP contribution is 2.41. The second-order valence-electron chi connectivity index (χ2n) is 6.55. The van der Waals surface area contributed by atoms with Crippen molar-refractivity contribution in [2.45, 2.75) is 45.4 Å². The number of halogens is 3. The molecule has 1 aliphatic carbocycles. The van der Waals surface area contributed by atoms with Crippen LogP contribution in [0.1, 0.15) is 39.0 Å². The van der Waals surface area contributed by atoms with Crippen LogP contribution in [0.15, 0.2) is 29.3 Å². The summed E-state index contributed by atoms with van der Waals surface area (Å²) in [5.41, 5.74) is 6.62. The molecule has 0 aliphatic heterocycles. The number of ether oxygens (including phenoxy) is 2. The predicted octanol–water partition coefficient (Wildman–Crippen LogP) is 4.30. The number of anilines is 1. The van der Waals surface area contributed by atoms with Crippen LogP contribution in [0.2, 0.25) is 0 Å². The van der Waals surface area contributed by atoms with Gasteiger partial charge in [0.2, 0.25) is 0 Å². The van der Waals surface area contributed by atoms with Gasteiger partial charge in [-0.05, 0) is 55.9 Å². The number of guanidine groups is 1. The highest BCUT2D eigenvalue weighted by molar-refractivity contribution is 5.92. The lowest BCUT2D eigenvalue weighted by Crippen LogP contribution is -2.28. The summed E-state index contributed by atoms with van der Waals surface area (Å²) < 4.78 is 45.8. The first kappa shape index (κ1) is 20.4. The Morgan fingerprint density at radius 1 is 1.23 bits per heavy atom. The van der Waals surface area contributed by atoms with Gasteiger partial charge in [-0.1, -0.05) is 12.8 Å². The first-order valence-corrected chi connectivity index (χ1v) is 8.82. The van der Waals surface area contributed by atoms with Crippen LogP contribution >= 0.6 is 0 Å². The van der Waals surface area contributed by atoms with Gasteiger partial charge in [-0.3, -0.25) is 4.99 Å². The number of alkyl halides is 3. The summed E-state index contributed by atoms with van der Waals surface area (Å²) in [5, 5.41) is 2.90. The lowest BCUT2D eigenvalue weighted by Gasteiger charge is -2.27. The average molecular weight is 373 g/mol. The molecule has 0 atom stereocenters. The first-order valence-electron chi connectivity index (χ1n) is 8.82. The molecule has 2 rings (SSSR count). The summed E-state index contributed by atoms with van der Waals surface area (Å²) in [6.07, 6.45) is 0.861. The summed E-state index contributed by atoms with van der Waals surface area (Å²) >= 11 is 0. The third-order valence-corrected chi connectivity index (χ3v) is 4.59. The number of benzene rings is 1. The molecule has 1 aromatic carbocycles. The number of rotatable bonds is 8. The van der Waals surface area contributed by atoms with Crippen molar-refractivity contribution in [2.24, 2.45) is 16.1 Å². The second kappa shape index (κ2) is 9.12. The largest absolute Gasteiger partial charge is 0.573 e. The molecule has 0 heterocycles. The molecular weight excluding hydrogens is 347 g/mol. The van der Waals surface area contributed by atoms with Gasteiger partial charge in [0.1, 0.15) is 5.75 Å². The maximum Gasteiger partial charge on any atom is 0.573 e. The first-order chi connectivity index (χ1) is 12.3. The topological polar surface area (TPSA) is 68.9 Å². The molecule has 5 nitrogen and oxygen atoms in total. The van der Waals surface area contributed by atoms with Gasteiger partial charge in [0.05, 0.1) is 0 Å². The van der Waals surface area contributed by atoms with Crippen molar-refractivity contribution in [2.75, 3.05) is 25.1 Å². The third-order valence-electron chi connectivity index (χ3n) is 4.59. The van der Waals surface area contributed by atoms with Crippen LogP contribution in [0.4, 0.5) is 18.9 Å². The molecule has 8 heteroatoms. The standard InChI is InChI=1S/C18H26F3N3O2/c1-2-25-12-11-17(9-3-4-10-17)13-23-16(22)24-14-5-7-15(8-6-14)26-18(19,20)21/h5-8H,2-4,9-13H2,1H3,(H3,22,23,24). The van der Waals surface area contributed by atoms with Crippen molar-refractivity contribution in [3.63, 3.8) is 0 Å². The fourth-order valence-electron chi connectivity index (χ4n) is 3.23. The Labute approximate surface area is 151 Å². The normalized spacial score (nSPS) is 17.3. The van der Waals surface area contributed by atoms with Gasteiger partial charge >= 0.3 is 6.36 Å². The molecule has 1 fully saturated rings. The number of aliphatic imine (C=N–C) groups is 1. The molecule has 1 saturated carbocycles. The molecule has 0 aromatic heterocycles. The second-order valence-corrected chi connectivity index (χ2v) is 6.55. The molecule has 146 valence electrons. The fraction of sp³-hybridized carbons (Fsp3) is 0.611. The Kier molecular flexibility index (Phi) is 7.14. The molecule has 0 amide bonds. The highest BCUT2D eigenvalue weighted by atomic mass is 19.4. The van der Waals surface area contributed by atoms with Gasteiger partial charge < -0.3 is 20.5 Å². The van der Waals surface area contributed by atoms with E-state index in [1.807, 2.05) is 6.92 Å². The summed E-state index contributed by atoms with van der Waals surface area (Å²) in [6, 6.07) is 5.38. The highest BCUT2D eigenvalue weighted by Gasteiger charge is 2.33. The van der Waals surface area contributed by atoms with E-state index in [9.17, 15) is 13.2 Å². The zero-order valence-electron chi connectivity index (χ0n) is 14.9. The van der Waals surface area contributed by atoms with Crippen molar-refractivity contribution in [3.8, 4) is 5.75 Å². The Balaban J connectivity index is 1.90. The van der Waals surface area contributed by atoms with E-state index >= 15 is 0 Å².